The summed E-state index contributed by atoms with van der Waals surface area (Å²) in [5.74, 6) is -0.524. The molecule has 1 aromatic heterocycles. The molecule has 1 aromatic rings. The third-order valence-corrected chi connectivity index (χ3v) is 6.24. The maximum Gasteiger partial charge on any atom is 0.339 e. The second-order valence-corrected chi connectivity index (χ2v) is 7.44. The first kappa shape index (κ1) is 15.0. The van der Waals surface area contributed by atoms with Gasteiger partial charge in [-0.1, -0.05) is 6.92 Å². The third-order valence-electron chi connectivity index (χ3n) is 6.24. The summed E-state index contributed by atoms with van der Waals surface area (Å²) in [6.07, 6.45) is 5.21. The van der Waals surface area contributed by atoms with Gasteiger partial charge in [0.1, 0.15) is 11.9 Å². The van der Waals surface area contributed by atoms with Crippen LogP contribution in [0.25, 0.3) is 0 Å². The Morgan fingerprint density at radius 2 is 2.16 bits per heavy atom. The van der Waals surface area contributed by atoms with Crippen LogP contribution in [0.3, 0.4) is 0 Å². The van der Waals surface area contributed by atoms with E-state index >= 15 is 0 Å². The molecule has 4 aliphatic rings. The van der Waals surface area contributed by atoms with E-state index in [1.54, 1.807) is 18.6 Å². The largest absolute Gasteiger partial charge is 0.472 e. The first-order valence-corrected chi connectivity index (χ1v) is 8.59. The summed E-state index contributed by atoms with van der Waals surface area (Å²) in [4.78, 5) is 25.2. The lowest BCUT2D eigenvalue weighted by atomic mass is 9.56. The molecule has 6 heteroatoms. The standard InChI is InChI=1S/C19H18O6/c1-9-4-14-16-12(17(21)24-14)5-11(20)6-13(16)19(9)7-15(25-18(19)22)10-2-3-23-8-10/h2-4,8-9,11,13,15,20H,5-7H2,1H3. The van der Waals surface area contributed by atoms with Crippen LogP contribution >= 0.6 is 0 Å². The fourth-order valence-electron chi connectivity index (χ4n) is 5.02. The zero-order valence-corrected chi connectivity index (χ0v) is 13.7. The second-order valence-electron chi connectivity index (χ2n) is 7.44. The first-order valence-electron chi connectivity index (χ1n) is 8.59. The molecular weight excluding hydrogens is 324 g/mol. The Balaban J connectivity index is 1.64. The molecule has 1 saturated heterocycles. The molecule has 0 bridgehead atoms. The van der Waals surface area contributed by atoms with E-state index in [0.717, 1.165) is 11.1 Å². The molecule has 0 radical (unpaired) electrons. The quantitative estimate of drug-likeness (QED) is 0.789. The molecular formula is C19H18O6. The Morgan fingerprint density at radius 3 is 2.92 bits per heavy atom. The normalized spacial score (nSPS) is 39.4. The lowest BCUT2D eigenvalue weighted by Crippen LogP contribution is -2.46. The SMILES string of the molecule is CC1C=C2OC(=O)C3=C2C(CC(O)C3)C12CC(c1ccoc1)OC2=O. The molecule has 5 unspecified atom stereocenters. The van der Waals surface area contributed by atoms with Crippen LogP contribution in [-0.4, -0.2) is 23.1 Å². The van der Waals surface area contributed by atoms with E-state index in [-0.39, 0.29) is 30.3 Å². The van der Waals surface area contributed by atoms with Gasteiger partial charge < -0.3 is 19.0 Å². The summed E-state index contributed by atoms with van der Waals surface area (Å²) in [6.45, 7) is 1.95. The first-order chi connectivity index (χ1) is 12.0. The van der Waals surface area contributed by atoms with Crippen LogP contribution in [0, 0.1) is 17.3 Å². The lowest BCUT2D eigenvalue weighted by molar-refractivity contribution is -0.153. The summed E-state index contributed by atoms with van der Waals surface area (Å²) in [5, 5.41) is 10.3. The number of ether oxygens (including phenoxy) is 2. The minimum absolute atomic E-state index is 0.155. The molecule has 6 nitrogen and oxygen atoms in total. The van der Waals surface area contributed by atoms with Gasteiger partial charge in [0.25, 0.3) is 0 Å². The van der Waals surface area contributed by atoms with E-state index in [0.29, 0.717) is 24.2 Å². The second kappa shape index (κ2) is 4.85. The van der Waals surface area contributed by atoms with Gasteiger partial charge >= 0.3 is 11.9 Å². The number of cyclic esters (lactones) is 1. The van der Waals surface area contributed by atoms with Crippen molar-refractivity contribution in [2.45, 2.75) is 38.4 Å². The number of fused-ring (bicyclic) bond motifs is 1. The highest BCUT2D eigenvalue weighted by Gasteiger charge is 2.63. The van der Waals surface area contributed by atoms with Crippen LogP contribution in [0.15, 0.2) is 46.0 Å². The topological polar surface area (TPSA) is 86.0 Å². The molecule has 5 rings (SSSR count). The minimum atomic E-state index is -0.790. The van der Waals surface area contributed by atoms with Gasteiger partial charge in [-0.15, -0.1) is 0 Å². The van der Waals surface area contributed by atoms with Crippen molar-refractivity contribution in [1.29, 1.82) is 0 Å². The van der Waals surface area contributed by atoms with E-state index in [2.05, 4.69) is 0 Å². The average Bonchev–Trinajstić information content (AvgIpc) is 3.26. The molecule has 25 heavy (non-hydrogen) atoms. The minimum Gasteiger partial charge on any atom is -0.472 e. The summed E-state index contributed by atoms with van der Waals surface area (Å²) < 4.78 is 16.2. The number of hydrogen-bond acceptors (Lipinski definition) is 6. The Labute approximate surface area is 144 Å². The highest BCUT2D eigenvalue weighted by atomic mass is 16.6. The molecule has 3 heterocycles. The Kier molecular flexibility index (Phi) is 2.90. The van der Waals surface area contributed by atoms with Gasteiger partial charge in [0, 0.05) is 35.5 Å². The molecule has 0 amide bonds. The number of carbonyl (C=O) groups excluding carboxylic acids is 2. The predicted molar refractivity (Wildman–Crippen MR) is 83.7 cm³/mol. The van der Waals surface area contributed by atoms with Crippen LogP contribution in [0.1, 0.15) is 37.9 Å². The number of allylic oxidation sites excluding steroid dienone is 2. The number of furan rings is 1. The van der Waals surface area contributed by atoms with Crippen LogP contribution in [0.4, 0.5) is 0 Å². The maximum atomic E-state index is 13.0. The molecule has 130 valence electrons. The van der Waals surface area contributed by atoms with Gasteiger partial charge in [0.05, 0.1) is 24.0 Å². The van der Waals surface area contributed by atoms with Crippen molar-refractivity contribution < 1.29 is 28.6 Å². The van der Waals surface area contributed by atoms with Crippen LogP contribution in [0.5, 0.6) is 0 Å². The summed E-state index contributed by atoms with van der Waals surface area (Å²) in [5.41, 5.74) is 1.36. The number of hydrogen-bond donors (Lipinski definition) is 1. The monoisotopic (exact) mass is 342 g/mol. The van der Waals surface area contributed by atoms with Crippen LogP contribution in [-0.2, 0) is 19.1 Å². The number of rotatable bonds is 1. The van der Waals surface area contributed by atoms with Crippen molar-refractivity contribution in [2.75, 3.05) is 0 Å². The molecule has 1 spiro atoms. The van der Waals surface area contributed by atoms with Crippen molar-refractivity contribution in [3.8, 4) is 0 Å². The van der Waals surface area contributed by atoms with Crippen LogP contribution < -0.4 is 0 Å². The van der Waals surface area contributed by atoms with E-state index < -0.39 is 17.5 Å². The van der Waals surface area contributed by atoms with Crippen molar-refractivity contribution in [3.05, 3.63) is 47.1 Å². The molecule has 0 aromatic carbocycles. The smallest absolute Gasteiger partial charge is 0.339 e. The van der Waals surface area contributed by atoms with Crippen molar-refractivity contribution in [3.63, 3.8) is 0 Å². The van der Waals surface area contributed by atoms with Crippen molar-refractivity contribution in [2.24, 2.45) is 17.3 Å². The molecule has 5 atom stereocenters. The summed E-state index contributed by atoms with van der Waals surface area (Å²) in [7, 11) is 0. The van der Waals surface area contributed by atoms with Crippen LogP contribution in [0.2, 0.25) is 0 Å². The van der Waals surface area contributed by atoms with E-state index in [9.17, 15) is 14.7 Å². The highest BCUT2D eigenvalue weighted by Crippen LogP contribution is 2.61. The average molecular weight is 342 g/mol. The van der Waals surface area contributed by atoms with Gasteiger partial charge in [0.2, 0.25) is 0 Å². The molecule has 2 aliphatic carbocycles. The Hall–Kier alpha value is -2.34. The van der Waals surface area contributed by atoms with E-state index in [1.165, 1.54) is 0 Å². The third kappa shape index (κ3) is 1.83. The lowest BCUT2D eigenvalue weighted by Gasteiger charge is -2.44. The van der Waals surface area contributed by atoms with Gasteiger partial charge in [-0.25, -0.2) is 4.79 Å². The maximum absolute atomic E-state index is 13.0. The Bertz CT molecular complexity index is 832. The number of aliphatic hydroxyl groups excluding tert-OH is 1. The molecule has 0 saturated carbocycles. The fraction of sp³-hybridized carbons (Fsp3) is 0.474. The zero-order chi connectivity index (χ0) is 17.3. The summed E-state index contributed by atoms with van der Waals surface area (Å²) >= 11 is 0. The molecule has 1 N–H and O–H groups in total. The van der Waals surface area contributed by atoms with E-state index in [4.69, 9.17) is 13.9 Å². The van der Waals surface area contributed by atoms with Crippen molar-refractivity contribution in [1.82, 2.24) is 0 Å². The van der Waals surface area contributed by atoms with Gasteiger partial charge in [-0.05, 0) is 24.5 Å². The number of aliphatic hydroxyl groups is 1. The van der Waals surface area contributed by atoms with Crippen molar-refractivity contribution >= 4 is 11.9 Å². The van der Waals surface area contributed by atoms with Gasteiger partial charge in [0.15, 0.2) is 0 Å². The van der Waals surface area contributed by atoms with E-state index in [1.807, 2.05) is 13.0 Å². The molecule has 2 aliphatic heterocycles. The van der Waals surface area contributed by atoms with Gasteiger partial charge in [-0.2, -0.15) is 0 Å². The Morgan fingerprint density at radius 1 is 1.32 bits per heavy atom. The molecule has 1 fully saturated rings. The number of esters is 2. The predicted octanol–water partition coefficient (Wildman–Crippen LogP) is 2.41. The summed E-state index contributed by atoms with van der Waals surface area (Å²) in [6, 6.07) is 1.80. The highest BCUT2D eigenvalue weighted by molar-refractivity contribution is 5.96. The van der Waals surface area contributed by atoms with Gasteiger partial charge in [-0.3, -0.25) is 4.79 Å². The zero-order valence-electron chi connectivity index (χ0n) is 13.7. The fourth-order valence-corrected chi connectivity index (χ4v) is 5.02. The number of carbonyl (C=O) groups is 2.